The smallest absolute Gasteiger partial charge is 0.289 e. The number of furan rings is 2. The Morgan fingerprint density at radius 2 is 2.15 bits per heavy atom. The van der Waals surface area contributed by atoms with Gasteiger partial charge in [0.05, 0.1) is 6.26 Å². The van der Waals surface area contributed by atoms with Crippen molar-refractivity contribution < 1.29 is 18.4 Å². The zero-order valence-electron chi connectivity index (χ0n) is 15.0. The number of fused-ring (bicyclic) bond motifs is 1. The molecular weight excluding hydrogens is 332 g/mol. The average molecular weight is 356 g/mol. The summed E-state index contributed by atoms with van der Waals surface area (Å²) in [7, 11) is 0. The van der Waals surface area contributed by atoms with E-state index in [4.69, 9.17) is 8.83 Å². The number of aryl methyl sites for hydroxylation is 1. The normalized spacial score (nSPS) is 23.2. The van der Waals surface area contributed by atoms with Crippen molar-refractivity contribution in [2.24, 2.45) is 5.92 Å². The summed E-state index contributed by atoms with van der Waals surface area (Å²) >= 11 is 0. The summed E-state index contributed by atoms with van der Waals surface area (Å²) in [5.41, 5.74) is 0. The fourth-order valence-corrected chi connectivity index (χ4v) is 4.23. The molecule has 6 nitrogen and oxygen atoms in total. The van der Waals surface area contributed by atoms with E-state index in [2.05, 4.69) is 0 Å². The molecule has 0 bridgehead atoms. The minimum atomic E-state index is -0.0528. The van der Waals surface area contributed by atoms with E-state index in [0.717, 1.165) is 30.8 Å². The summed E-state index contributed by atoms with van der Waals surface area (Å²) in [6, 6.07) is 7.59. The van der Waals surface area contributed by atoms with Crippen molar-refractivity contribution in [1.29, 1.82) is 0 Å². The molecule has 0 N–H and O–H groups in total. The van der Waals surface area contributed by atoms with E-state index < -0.39 is 0 Å². The lowest BCUT2D eigenvalue weighted by Crippen LogP contribution is -2.57. The molecular formula is C20H24N2O4. The Labute approximate surface area is 152 Å². The van der Waals surface area contributed by atoms with E-state index in [-0.39, 0.29) is 17.9 Å². The zero-order valence-corrected chi connectivity index (χ0v) is 15.0. The van der Waals surface area contributed by atoms with Crippen LogP contribution in [0.4, 0.5) is 0 Å². The molecule has 2 aliphatic rings. The Bertz CT molecular complexity index is 780. The van der Waals surface area contributed by atoms with Gasteiger partial charge in [-0.25, -0.2) is 0 Å². The number of piperidine rings is 2. The maximum absolute atomic E-state index is 12.5. The maximum Gasteiger partial charge on any atom is 0.289 e. The highest BCUT2D eigenvalue weighted by Crippen LogP contribution is 2.32. The van der Waals surface area contributed by atoms with Crippen LogP contribution in [-0.2, 0) is 11.2 Å². The van der Waals surface area contributed by atoms with Crippen LogP contribution in [0.1, 0.15) is 41.3 Å². The maximum atomic E-state index is 12.5. The van der Waals surface area contributed by atoms with Gasteiger partial charge in [0.15, 0.2) is 5.76 Å². The number of hydrogen-bond acceptors (Lipinski definition) is 4. The summed E-state index contributed by atoms with van der Waals surface area (Å²) in [6.07, 6.45) is 4.48. The van der Waals surface area contributed by atoms with Gasteiger partial charge in [0.2, 0.25) is 5.91 Å². The van der Waals surface area contributed by atoms with Crippen LogP contribution in [-0.4, -0.2) is 47.3 Å². The predicted molar refractivity (Wildman–Crippen MR) is 94.6 cm³/mol. The fraction of sp³-hybridized carbons (Fsp3) is 0.500. The molecule has 0 unspecified atom stereocenters. The number of hydrogen-bond donors (Lipinski definition) is 0. The molecule has 0 aliphatic carbocycles. The standard InChI is InChI=1S/C20H24N2O4/c1-14-4-6-16(26-14)8-11-22-17-9-10-21(13-15(17)5-7-19(22)23)20(24)18-3-2-12-25-18/h2-4,6,12,15,17H,5,7-11,13H2,1H3/t15-,17+/m0/s1. The van der Waals surface area contributed by atoms with Gasteiger partial charge in [-0.05, 0) is 49.9 Å². The summed E-state index contributed by atoms with van der Waals surface area (Å²) in [5, 5.41) is 0. The van der Waals surface area contributed by atoms with Crippen LogP contribution in [0.25, 0.3) is 0 Å². The van der Waals surface area contributed by atoms with Crippen LogP contribution < -0.4 is 0 Å². The van der Waals surface area contributed by atoms with E-state index in [1.54, 1.807) is 12.1 Å². The first-order valence-corrected chi connectivity index (χ1v) is 9.29. The van der Waals surface area contributed by atoms with Crippen LogP contribution in [0.2, 0.25) is 0 Å². The third-order valence-corrected chi connectivity index (χ3v) is 5.56. The molecule has 2 amide bonds. The second-order valence-corrected chi connectivity index (χ2v) is 7.23. The molecule has 0 saturated carbocycles. The van der Waals surface area contributed by atoms with E-state index in [1.165, 1.54) is 6.26 Å². The second-order valence-electron chi connectivity index (χ2n) is 7.23. The highest BCUT2D eigenvalue weighted by atomic mass is 16.3. The van der Waals surface area contributed by atoms with Crippen LogP contribution in [0, 0.1) is 12.8 Å². The first-order valence-electron chi connectivity index (χ1n) is 9.29. The van der Waals surface area contributed by atoms with Crippen LogP contribution in [0.5, 0.6) is 0 Å². The van der Waals surface area contributed by atoms with Gasteiger partial charge >= 0.3 is 0 Å². The highest BCUT2D eigenvalue weighted by Gasteiger charge is 2.40. The third-order valence-electron chi connectivity index (χ3n) is 5.56. The first-order chi connectivity index (χ1) is 12.6. The van der Waals surface area contributed by atoms with Crippen molar-refractivity contribution >= 4 is 11.8 Å². The van der Waals surface area contributed by atoms with Gasteiger partial charge in [0, 0.05) is 38.5 Å². The van der Waals surface area contributed by atoms with Gasteiger partial charge in [-0.3, -0.25) is 9.59 Å². The number of rotatable bonds is 4. The molecule has 2 aliphatic heterocycles. The monoisotopic (exact) mass is 356 g/mol. The quantitative estimate of drug-likeness (QED) is 0.845. The molecule has 2 atom stereocenters. The van der Waals surface area contributed by atoms with Crippen molar-refractivity contribution in [1.82, 2.24) is 9.80 Å². The van der Waals surface area contributed by atoms with E-state index in [0.29, 0.717) is 37.7 Å². The molecule has 0 radical (unpaired) electrons. The molecule has 2 saturated heterocycles. The molecule has 2 fully saturated rings. The Morgan fingerprint density at radius 1 is 1.27 bits per heavy atom. The molecule has 0 spiro atoms. The van der Waals surface area contributed by atoms with Gasteiger partial charge in [-0.1, -0.05) is 0 Å². The lowest BCUT2D eigenvalue weighted by atomic mass is 9.83. The number of amides is 2. The van der Waals surface area contributed by atoms with E-state index in [1.807, 2.05) is 28.9 Å². The molecule has 6 heteroatoms. The summed E-state index contributed by atoms with van der Waals surface area (Å²) in [5.74, 6) is 2.71. The molecule has 4 rings (SSSR count). The molecule has 26 heavy (non-hydrogen) atoms. The fourth-order valence-electron chi connectivity index (χ4n) is 4.23. The largest absolute Gasteiger partial charge is 0.466 e. The topological polar surface area (TPSA) is 66.9 Å². The lowest BCUT2D eigenvalue weighted by Gasteiger charge is -2.47. The minimum absolute atomic E-state index is 0.0528. The van der Waals surface area contributed by atoms with E-state index in [9.17, 15) is 9.59 Å². The summed E-state index contributed by atoms with van der Waals surface area (Å²) in [4.78, 5) is 28.9. The average Bonchev–Trinajstić information content (AvgIpc) is 3.32. The molecule has 2 aromatic rings. The molecule has 0 aromatic carbocycles. The number of nitrogens with zero attached hydrogens (tertiary/aromatic N) is 2. The van der Waals surface area contributed by atoms with Crippen LogP contribution in [0.15, 0.2) is 39.4 Å². The first kappa shape index (κ1) is 16.9. The Hall–Kier alpha value is -2.50. The molecule has 4 heterocycles. The van der Waals surface area contributed by atoms with Crippen molar-refractivity contribution in [3.8, 4) is 0 Å². The van der Waals surface area contributed by atoms with Crippen LogP contribution in [0.3, 0.4) is 0 Å². The lowest BCUT2D eigenvalue weighted by molar-refractivity contribution is -0.140. The predicted octanol–water partition coefficient (Wildman–Crippen LogP) is 2.88. The second kappa shape index (κ2) is 7.02. The number of carbonyl (C=O) groups excluding carboxylic acids is 2. The number of likely N-dealkylation sites (tertiary alicyclic amines) is 2. The van der Waals surface area contributed by atoms with Gasteiger partial charge in [0.25, 0.3) is 5.91 Å². The van der Waals surface area contributed by atoms with Crippen molar-refractivity contribution in [2.75, 3.05) is 19.6 Å². The van der Waals surface area contributed by atoms with Gasteiger partial charge in [0.1, 0.15) is 11.5 Å². The molecule has 138 valence electrons. The number of carbonyl (C=O) groups is 2. The zero-order chi connectivity index (χ0) is 18.1. The Balaban J connectivity index is 1.41. The van der Waals surface area contributed by atoms with E-state index >= 15 is 0 Å². The minimum Gasteiger partial charge on any atom is -0.466 e. The van der Waals surface area contributed by atoms with Crippen molar-refractivity contribution in [3.05, 3.63) is 47.8 Å². The van der Waals surface area contributed by atoms with Crippen molar-refractivity contribution in [2.45, 2.75) is 38.6 Å². The van der Waals surface area contributed by atoms with Gasteiger partial charge in [-0.2, -0.15) is 0 Å². The molecule has 2 aromatic heterocycles. The Morgan fingerprint density at radius 3 is 2.88 bits per heavy atom. The van der Waals surface area contributed by atoms with Gasteiger partial charge < -0.3 is 18.6 Å². The summed E-state index contributed by atoms with van der Waals surface area (Å²) in [6.45, 7) is 3.95. The summed E-state index contributed by atoms with van der Waals surface area (Å²) < 4.78 is 10.9. The Kier molecular flexibility index (Phi) is 4.57. The highest BCUT2D eigenvalue weighted by molar-refractivity contribution is 5.91. The van der Waals surface area contributed by atoms with Gasteiger partial charge in [-0.15, -0.1) is 0 Å². The van der Waals surface area contributed by atoms with Crippen molar-refractivity contribution in [3.63, 3.8) is 0 Å². The van der Waals surface area contributed by atoms with Crippen LogP contribution >= 0.6 is 0 Å². The SMILES string of the molecule is Cc1ccc(CCN2C(=O)CC[C@H]3CN(C(=O)c4ccco4)CC[C@H]32)o1. The third kappa shape index (κ3) is 3.28.